The lowest BCUT2D eigenvalue weighted by Gasteiger charge is -2.34. The first-order valence-corrected chi connectivity index (χ1v) is 6.41. The zero-order chi connectivity index (χ0) is 11.3. The first kappa shape index (κ1) is 12.6. The molecule has 1 unspecified atom stereocenters. The molecule has 0 aromatic rings. The molecule has 0 aliphatic carbocycles. The third kappa shape index (κ3) is 4.70. The van der Waals surface area contributed by atoms with Gasteiger partial charge < -0.3 is 18.6 Å². The van der Waals surface area contributed by atoms with Gasteiger partial charge in [0.15, 0.2) is 0 Å². The Morgan fingerprint density at radius 3 is 2.93 bits per heavy atom. The predicted octanol–water partition coefficient (Wildman–Crippen LogP) is 2.00. The monoisotopic (exact) mass is 240 g/mol. The summed E-state index contributed by atoms with van der Waals surface area (Å²) in [6.45, 7) is 2.35. The molecule has 0 bridgehead atoms. The molecule has 1 atom stereocenters. The summed E-state index contributed by atoms with van der Waals surface area (Å²) in [5.74, 6) is -0.0752. The van der Waals surface area contributed by atoms with Crippen LogP contribution in [0.1, 0.15) is 19.8 Å². The Labute approximate surface area is 90.1 Å². The lowest BCUT2D eigenvalue weighted by Crippen LogP contribution is -2.32. The van der Waals surface area contributed by atoms with E-state index in [1.54, 1.807) is 0 Å². The van der Waals surface area contributed by atoms with Crippen molar-refractivity contribution in [3.63, 3.8) is 0 Å². The summed E-state index contributed by atoms with van der Waals surface area (Å²) in [5, 5.41) is 0. The van der Waals surface area contributed by atoms with Gasteiger partial charge in [0.05, 0.1) is 29.8 Å². The van der Waals surface area contributed by atoms with E-state index < -0.39 is 23.1 Å². The quantitative estimate of drug-likeness (QED) is 0.734. The molecule has 1 aliphatic rings. The third-order valence-corrected chi connectivity index (χ3v) is 3.15. The fourth-order valence-electron chi connectivity index (χ4n) is 1.14. The first-order valence-electron chi connectivity index (χ1n) is 4.77. The molecule has 1 aliphatic heterocycles. The molecule has 2 N–H and O–H groups in total. The van der Waals surface area contributed by atoms with Crippen molar-refractivity contribution in [2.45, 2.75) is 25.9 Å². The molecular weight excluding hydrogens is 224 g/mol. The number of hydrogen-bond acceptors (Lipinski definition) is 6. The number of ether oxygens (including phenoxy) is 2. The molecule has 1 saturated heterocycles. The van der Waals surface area contributed by atoms with E-state index in [0.29, 0.717) is 13.0 Å². The van der Waals surface area contributed by atoms with E-state index in [-0.39, 0.29) is 12.4 Å². The van der Waals surface area contributed by atoms with E-state index >= 15 is 0 Å². The number of carbonyl (C=O) groups excluding carboxylic acids is 1. The molecule has 6 nitrogen and oxygen atoms in total. The van der Waals surface area contributed by atoms with Gasteiger partial charge in [0.2, 0.25) is 0 Å². The Hall–Kier alpha value is -0.500. The molecule has 0 saturated carbocycles. The second-order valence-electron chi connectivity index (χ2n) is 3.22. The van der Waals surface area contributed by atoms with Gasteiger partial charge in [-0.15, -0.1) is 0 Å². The van der Waals surface area contributed by atoms with Crippen LogP contribution in [0.4, 0.5) is 4.79 Å². The lowest BCUT2D eigenvalue weighted by molar-refractivity contribution is 0.0167. The zero-order valence-electron chi connectivity index (χ0n) is 8.55. The SMILES string of the molecule is CCCOC(=O)OC1CCOS(O)(O)C1. The van der Waals surface area contributed by atoms with Crippen molar-refractivity contribution in [1.82, 2.24) is 0 Å². The highest BCUT2D eigenvalue weighted by Gasteiger charge is 2.31. The van der Waals surface area contributed by atoms with Crippen molar-refractivity contribution >= 4 is 17.0 Å². The Morgan fingerprint density at radius 2 is 2.33 bits per heavy atom. The normalized spacial score (nSPS) is 26.7. The smallest absolute Gasteiger partial charge is 0.434 e. The molecule has 0 radical (unpaired) electrons. The summed E-state index contributed by atoms with van der Waals surface area (Å²) in [6.07, 6.45) is -0.123. The highest BCUT2D eigenvalue weighted by atomic mass is 32.3. The molecule has 15 heavy (non-hydrogen) atoms. The molecular formula is C8H16O6S. The summed E-state index contributed by atoms with van der Waals surface area (Å²) >= 11 is 0. The van der Waals surface area contributed by atoms with Gasteiger partial charge in [-0.25, -0.2) is 4.79 Å². The average Bonchev–Trinajstić information content (AvgIpc) is 2.13. The van der Waals surface area contributed by atoms with Crippen LogP contribution in [0.3, 0.4) is 0 Å². The van der Waals surface area contributed by atoms with Crippen LogP contribution < -0.4 is 0 Å². The molecule has 1 fully saturated rings. The van der Waals surface area contributed by atoms with Gasteiger partial charge in [-0.05, 0) is 6.42 Å². The Kier molecular flexibility index (Phi) is 4.65. The third-order valence-electron chi connectivity index (χ3n) is 1.80. The summed E-state index contributed by atoms with van der Waals surface area (Å²) in [5.41, 5.74) is 0. The second kappa shape index (κ2) is 5.55. The van der Waals surface area contributed by atoms with Crippen molar-refractivity contribution < 1.29 is 27.6 Å². The maximum Gasteiger partial charge on any atom is 0.508 e. The summed E-state index contributed by atoms with van der Waals surface area (Å²) in [7, 11) is -3.03. The van der Waals surface area contributed by atoms with Crippen molar-refractivity contribution in [2.75, 3.05) is 19.0 Å². The molecule has 90 valence electrons. The minimum absolute atomic E-state index is 0.0752. The standard InChI is InChI=1S/C8H16O6S/c1-2-4-12-8(9)14-7-3-5-13-15(10,11)6-7/h7,10-11H,2-6H2,1H3. The summed E-state index contributed by atoms with van der Waals surface area (Å²) < 4.78 is 32.8. The van der Waals surface area contributed by atoms with Crippen molar-refractivity contribution in [3.05, 3.63) is 0 Å². The largest absolute Gasteiger partial charge is 0.508 e. The van der Waals surface area contributed by atoms with Gasteiger partial charge in [0, 0.05) is 6.42 Å². The highest BCUT2D eigenvalue weighted by Crippen LogP contribution is 2.44. The van der Waals surface area contributed by atoms with Gasteiger partial charge >= 0.3 is 6.16 Å². The number of hydrogen-bond donors (Lipinski definition) is 2. The lowest BCUT2D eigenvalue weighted by atomic mass is 10.3. The molecule has 0 aromatic heterocycles. The van der Waals surface area contributed by atoms with Crippen LogP contribution in [0, 0.1) is 0 Å². The summed E-state index contributed by atoms with van der Waals surface area (Å²) in [6, 6.07) is 0. The van der Waals surface area contributed by atoms with Gasteiger partial charge in [0.25, 0.3) is 0 Å². The van der Waals surface area contributed by atoms with Crippen molar-refractivity contribution in [3.8, 4) is 0 Å². The second-order valence-corrected chi connectivity index (χ2v) is 5.00. The van der Waals surface area contributed by atoms with E-state index in [4.69, 9.17) is 13.7 Å². The van der Waals surface area contributed by atoms with Crippen molar-refractivity contribution in [2.24, 2.45) is 0 Å². The first-order chi connectivity index (χ1) is 7.03. The minimum atomic E-state index is -3.03. The van der Waals surface area contributed by atoms with E-state index in [1.807, 2.05) is 6.92 Å². The average molecular weight is 240 g/mol. The van der Waals surface area contributed by atoms with Gasteiger partial charge in [-0.1, -0.05) is 6.92 Å². The van der Waals surface area contributed by atoms with Crippen LogP contribution in [0.15, 0.2) is 0 Å². The molecule has 7 heteroatoms. The van der Waals surface area contributed by atoms with Crippen LogP contribution >= 0.6 is 10.9 Å². The van der Waals surface area contributed by atoms with Crippen LogP contribution in [-0.2, 0) is 13.7 Å². The van der Waals surface area contributed by atoms with Gasteiger partial charge in [-0.2, -0.15) is 0 Å². The Morgan fingerprint density at radius 1 is 1.60 bits per heavy atom. The summed E-state index contributed by atoms with van der Waals surface area (Å²) in [4.78, 5) is 11.0. The van der Waals surface area contributed by atoms with Crippen LogP contribution in [0.5, 0.6) is 0 Å². The molecule has 0 spiro atoms. The van der Waals surface area contributed by atoms with Gasteiger partial charge in [-0.3, -0.25) is 4.18 Å². The fourth-order valence-corrected chi connectivity index (χ4v) is 2.31. The fraction of sp³-hybridized carbons (Fsp3) is 0.875. The zero-order valence-corrected chi connectivity index (χ0v) is 9.37. The van der Waals surface area contributed by atoms with Crippen LogP contribution in [0.25, 0.3) is 0 Å². The Balaban J connectivity index is 2.28. The maximum absolute atomic E-state index is 11.0. The number of carbonyl (C=O) groups is 1. The van der Waals surface area contributed by atoms with Gasteiger partial charge in [0.1, 0.15) is 6.10 Å². The van der Waals surface area contributed by atoms with Crippen molar-refractivity contribution in [1.29, 1.82) is 0 Å². The van der Waals surface area contributed by atoms with Crippen LogP contribution in [-0.4, -0.2) is 40.3 Å². The molecule has 1 heterocycles. The Bertz CT molecular complexity index is 219. The number of rotatable bonds is 3. The van der Waals surface area contributed by atoms with E-state index in [0.717, 1.165) is 6.42 Å². The van der Waals surface area contributed by atoms with Crippen LogP contribution in [0.2, 0.25) is 0 Å². The molecule has 1 rings (SSSR count). The molecule has 0 aromatic carbocycles. The van der Waals surface area contributed by atoms with E-state index in [9.17, 15) is 13.9 Å². The topological polar surface area (TPSA) is 85.2 Å². The maximum atomic E-state index is 11.0. The van der Waals surface area contributed by atoms with E-state index in [2.05, 4.69) is 0 Å². The minimum Gasteiger partial charge on any atom is -0.434 e. The molecule has 0 amide bonds. The predicted molar refractivity (Wildman–Crippen MR) is 54.8 cm³/mol. The van der Waals surface area contributed by atoms with E-state index in [1.165, 1.54) is 0 Å². The highest BCUT2D eigenvalue weighted by molar-refractivity contribution is 8.20.